The summed E-state index contributed by atoms with van der Waals surface area (Å²) in [6.45, 7) is 8.29. The van der Waals surface area contributed by atoms with E-state index in [1.54, 1.807) is 0 Å². The van der Waals surface area contributed by atoms with Crippen molar-refractivity contribution in [2.75, 3.05) is 19.6 Å². The number of halogens is 1. The summed E-state index contributed by atoms with van der Waals surface area (Å²) in [6, 6.07) is 0.237. The second-order valence-electron chi connectivity index (χ2n) is 5.44. The molecule has 16 heavy (non-hydrogen) atoms. The number of likely N-dealkylation sites (tertiary alicyclic amines) is 1. The fraction of sp³-hybridized carbons (Fsp3) is 0.909. The molecule has 96 valence electrons. The van der Waals surface area contributed by atoms with Crippen molar-refractivity contribution in [2.45, 2.75) is 45.2 Å². The third-order valence-corrected chi connectivity index (χ3v) is 2.42. The normalized spacial score (nSPS) is 22.4. The quantitative estimate of drug-likeness (QED) is 0.759. The van der Waals surface area contributed by atoms with Crippen molar-refractivity contribution >= 4 is 18.3 Å². The lowest BCUT2D eigenvalue weighted by atomic mass is 10.1. The summed E-state index contributed by atoms with van der Waals surface area (Å²) in [6.07, 6.45) is 2.18. The van der Waals surface area contributed by atoms with Crippen LogP contribution in [0.2, 0.25) is 0 Å². The highest BCUT2D eigenvalue weighted by atomic mass is 35.5. The van der Waals surface area contributed by atoms with Gasteiger partial charge in [-0.2, -0.15) is 0 Å². The van der Waals surface area contributed by atoms with Crippen LogP contribution in [0.3, 0.4) is 0 Å². The number of hydrogen-bond donors (Lipinski definition) is 2. The molecule has 0 aliphatic carbocycles. The molecule has 0 spiro atoms. The monoisotopic (exact) mass is 249 g/mol. The summed E-state index contributed by atoms with van der Waals surface area (Å²) in [5.74, 6) is 0.0941. The van der Waals surface area contributed by atoms with Crippen LogP contribution in [0.25, 0.3) is 0 Å². The Morgan fingerprint density at radius 2 is 2.12 bits per heavy atom. The first-order valence-electron chi connectivity index (χ1n) is 5.66. The maximum atomic E-state index is 11.6. The fourth-order valence-electron chi connectivity index (χ4n) is 1.90. The lowest BCUT2D eigenvalue weighted by Crippen LogP contribution is -2.50. The third kappa shape index (κ3) is 6.30. The molecular weight excluding hydrogens is 226 g/mol. The first-order valence-corrected chi connectivity index (χ1v) is 5.66. The van der Waals surface area contributed by atoms with Crippen LogP contribution in [0.5, 0.6) is 0 Å². The Labute approximate surface area is 104 Å². The Bertz CT molecular complexity index is 228. The Kier molecular flexibility index (Phi) is 6.30. The van der Waals surface area contributed by atoms with Crippen LogP contribution in [-0.2, 0) is 4.79 Å². The molecule has 1 aliphatic heterocycles. The maximum Gasteiger partial charge on any atom is 0.234 e. The van der Waals surface area contributed by atoms with Crippen LogP contribution < -0.4 is 11.1 Å². The number of nitrogens with two attached hydrogens (primary N) is 1. The Balaban J connectivity index is 0.00000225. The van der Waals surface area contributed by atoms with Crippen molar-refractivity contribution in [1.29, 1.82) is 0 Å². The van der Waals surface area contributed by atoms with Gasteiger partial charge in [0.1, 0.15) is 0 Å². The molecule has 1 amide bonds. The summed E-state index contributed by atoms with van der Waals surface area (Å²) in [4.78, 5) is 13.8. The van der Waals surface area contributed by atoms with Crippen LogP contribution in [0.4, 0.5) is 0 Å². The van der Waals surface area contributed by atoms with Crippen molar-refractivity contribution in [3.8, 4) is 0 Å². The standard InChI is InChI=1S/C11H23N3O.ClH/c1-11(2,3)13-10(15)8-14-6-4-5-9(12)7-14;/h9H,4-8,12H2,1-3H3,(H,13,15);1H/t9-;/m1./s1. The van der Waals surface area contributed by atoms with Gasteiger partial charge >= 0.3 is 0 Å². The van der Waals surface area contributed by atoms with Gasteiger partial charge in [0.05, 0.1) is 6.54 Å². The van der Waals surface area contributed by atoms with Crippen LogP contribution in [0, 0.1) is 0 Å². The molecule has 4 nitrogen and oxygen atoms in total. The smallest absolute Gasteiger partial charge is 0.234 e. The van der Waals surface area contributed by atoms with Crippen molar-refractivity contribution in [2.24, 2.45) is 5.73 Å². The molecule has 1 aliphatic rings. The van der Waals surface area contributed by atoms with Crippen molar-refractivity contribution in [3.63, 3.8) is 0 Å². The minimum Gasteiger partial charge on any atom is -0.350 e. The molecule has 0 aromatic rings. The molecule has 0 unspecified atom stereocenters. The zero-order chi connectivity index (χ0) is 11.5. The van der Waals surface area contributed by atoms with Crippen LogP contribution in [0.15, 0.2) is 0 Å². The first kappa shape index (κ1) is 15.7. The highest BCUT2D eigenvalue weighted by molar-refractivity contribution is 5.85. The molecule has 1 rings (SSSR count). The molecule has 3 N–H and O–H groups in total. The molecule has 1 saturated heterocycles. The SMILES string of the molecule is CC(C)(C)NC(=O)CN1CCC[C@@H](N)C1.Cl. The molecule has 5 heteroatoms. The molecular formula is C11H24ClN3O. The number of amides is 1. The number of hydrogen-bond acceptors (Lipinski definition) is 3. The van der Waals surface area contributed by atoms with Gasteiger partial charge < -0.3 is 11.1 Å². The Morgan fingerprint density at radius 1 is 1.50 bits per heavy atom. The molecule has 1 atom stereocenters. The molecule has 0 radical (unpaired) electrons. The Hall–Kier alpha value is -0.320. The molecule has 1 fully saturated rings. The van der Waals surface area contributed by atoms with Gasteiger partial charge in [-0.05, 0) is 40.2 Å². The minimum atomic E-state index is -0.144. The predicted octanol–water partition coefficient (Wildman–Crippen LogP) is 0.746. The fourth-order valence-corrected chi connectivity index (χ4v) is 1.90. The number of nitrogens with zero attached hydrogens (tertiary/aromatic N) is 1. The summed E-state index contributed by atoms with van der Waals surface area (Å²) in [7, 11) is 0. The van der Waals surface area contributed by atoms with Gasteiger partial charge in [-0.3, -0.25) is 9.69 Å². The van der Waals surface area contributed by atoms with Crippen molar-refractivity contribution in [1.82, 2.24) is 10.2 Å². The zero-order valence-electron chi connectivity index (χ0n) is 10.5. The second kappa shape index (κ2) is 6.42. The predicted molar refractivity (Wildman–Crippen MR) is 68.8 cm³/mol. The highest BCUT2D eigenvalue weighted by Crippen LogP contribution is 2.07. The van der Waals surface area contributed by atoms with Crippen LogP contribution in [-0.4, -0.2) is 42.0 Å². The van der Waals surface area contributed by atoms with E-state index in [-0.39, 0.29) is 29.9 Å². The summed E-state index contributed by atoms with van der Waals surface area (Å²) < 4.78 is 0. The largest absolute Gasteiger partial charge is 0.350 e. The van der Waals surface area contributed by atoms with Crippen LogP contribution in [0.1, 0.15) is 33.6 Å². The van der Waals surface area contributed by atoms with E-state index in [9.17, 15) is 4.79 Å². The Morgan fingerprint density at radius 3 is 2.62 bits per heavy atom. The zero-order valence-corrected chi connectivity index (χ0v) is 11.3. The van der Waals surface area contributed by atoms with Gasteiger partial charge in [0.15, 0.2) is 0 Å². The maximum absolute atomic E-state index is 11.6. The van der Waals surface area contributed by atoms with E-state index < -0.39 is 0 Å². The van der Waals surface area contributed by atoms with E-state index in [0.717, 1.165) is 25.9 Å². The summed E-state index contributed by atoms with van der Waals surface area (Å²) in [5, 5.41) is 2.96. The van der Waals surface area contributed by atoms with Gasteiger partial charge in [0.2, 0.25) is 5.91 Å². The number of carbonyl (C=O) groups excluding carboxylic acids is 1. The molecule has 1 heterocycles. The van der Waals surface area contributed by atoms with Gasteiger partial charge in [0, 0.05) is 18.1 Å². The minimum absolute atomic E-state index is 0. The molecule has 0 aromatic carbocycles. The van der Waals surface area contributed by atoms with Gasteiger partial charge in [0.25, 0.3) is 0 Å². The van der Waals surface area contributed by atoms with Crippen molar-refractivity contribution in [3.05, 3.63) is 0 Å². The molecule has 0 aromatic heterocycles. The lowest BCUT2D eigenvalue weighted by Gasteiger charge is -2.31. The number of piperidine rings is 1. The van der Waals surface area contributed by atoms with E-state index in [4.69, 9.17) is 5.73 Å². The molecule has 0 saturated carbocycles. The number of rotatable bonds is 2. The van der Waals surface area contributed by atoms with Crippen molar-refractivity contribution < 1.29 is 4.79 Å². The number of nitrogens with one attached hydrogen (secondary N) is 1. The molecule has 0 bridgehead atoms. The van der Waals surface area contributed by atoms with Gasteiger partial charge in [-0.1, -0.05) is 0 Å². The van der Waals surface area contributed by atoms with Gasteiger partial charge in [-0.25, -0.2) is 0 Å². The number of carbonyl (C=O) groups is 1. The topological polar surface area (TPSA) is 58.4 Å². The summed E-state index contributed by atoms with van der Waals surface area (Å²) in [5.41, 5.74) is 5.71. The van der Waals surface area contributed by atoms with E-state index in [2.05, 4.69) is 10.2 Å². The average molecular weight is 250 g/mol. The van der Waals surface area contributed by atoms with Crippen LogP contribution >= 0.6 is 12.4 Å². The third-order valence-electron chi connectivity index (χ3n) is 2.42. The van der Waals surface area contributed by atoms with E-state index >= 15 is 0 Å². The summed E-state index contributed by atoms with van der Waals surface area (Å²) >= 11 is 0. The first-order chi connectivity index (χ1) is 6.87. The second-order valence-corrected chi connectivity index (χ2v) is 5.44. The van der Waals surface area contributed by atoms with E-state index in [1.807, 2.05) is 20.8 Å². The van der Waals surface area contributed by atoms with E-state index in [1.165, 1.54) is 0 Å². The highest BCUT2D eigenvalue weighted by Gasteiger charge is 2.20. The van der Waals surface area contributed by atoms with Gasteiger partial charge in [-0.15, -0.1) is 12.4 Å². The van der Waals surface area contributed by atoms with E-state index in [0.29, 0.717) is 6.54 Å². The lowest BCUT2D eigenvalue weighted by molar-refractivity contribution is -0.123. The average Bonchev–Trinajstić information content (AvgIpc) is 1.99.